The number of aromatic nitrogens is 1. The van der Waals surface area contributed by atoms with E-state index in [4.69, 9.17) is 0 Å². The first-order valence-electron chi connectivity index (χ1n) is 6.67. The van der Waals surface area contributed by atoms with Crippen molar-refractivity contribution in [3.8, 4) is 0 Å². The molecule has 0 fully saturated rings. The lowest BCUT2D eigenvalue weighted by Gasteiger charge is -2.11. The van der Waals surface area contributed by atoms with Gasteiger partial charge < -0.3 is 4.98 Å². The van der Waals surface area contributed by atoms with Gasteiger partial charge in [-0.25, -0.2) is 8.42 Å². The van der Waals surface area contributed by atoms with Gasteiger partial charge in [-0.3, -0.25) is 9.52 Å². The van der Waals surface area contributed by atoms with Gasteiger partial charge in [-0.15, -0.1) is 0 Å². The topological polar surface area (TPSA) is 79.0 Å². The van der Waals surface area contributed by atoms with Crippen LogP contribution in [0, 0.1) is 6.92 Å². The lowest BCUT2D eigenvalue weighted by molar-refractivity contribution is 0.601. The van der Waals surface area contributed by atoms with Gasteiger partial charge in [0, 0.05) is 11.6 Å². The summed E-state index contributed by atoms with van der Waals surface area (Å²) in [4.78, 5) is 14.1. The van der Waals surface area contributed by atoms with Crippen LogP contribution in [0.3, 0.4) is 0 Å². The van der Waals surface area contributed by atoms with E-state index in [1.807, 2.05) is 19.1 Å². The Bertz CT molecular complexity index is 1010. The second-order valence-electron chi connectivity index (χ2n) is 4.99. The van der Waals surface area contributed by atoms with E-state index in [0.29, 0.717) is 16.6 Å². The maximum Gasteiger partial charge on any atom is 0.261 e. The van der Waals surface area contributed by atoms with E-state index >= 15 is 0 Å². The number of fused-ring (bicyclic) bond motifs is 1. The van der Waals surface area contributed by atoms with Gasteiger partial charge >= 0.3 is 0 Å². The largest absolute Gasteiger partial charge is 0.322 e. The van der Waals surface area contributed by atoms with Crippen LogP contribution in [0.5, 0.6) is 0 Å². The normalized spacial score (nSPS) is 11.5. The lowest BCUT2D eigenvalue weighted by Crippen LogP contribution is -2.14. The van der Waals surface area contributed by atoms with E-state index in [2.05, 4.69) is 9.71 Å². The molecule has 112 valence electrons. The minimum atomic E-state index is -3.68. The van der Waals surface area contributed by atoms with Crippen molar-refractivity contribution in [1.82, 2.24) is 4.98 Å². The highest BCUT2D eigenvalue weighted by molar-refractivity contribution is 7.92. The van der Waals surface area contributed by atoms with Crippen molar-refractivity contribution in [1.29, 1.82) is 0 Å². The Labute approximate surface area is 127 Å². The van der Waals surface area contributed by atoms with Crippen molar-refractivity contribution >= 4 is 26.6 Å². The van der Waals surface area contributed by atoms with Gasteiger partial charge in [0.25, 0.3) is 10.0 Å². The van der Waals surface area contributed by atoms with Crippen LogP contribution in [0.25, 0.3) is 10.9 Å². The van der Waals surface area contributed by atoms with E-state index in [9.17, 15) is 13.2 Å². The summed E-state index contributed by atoms with van der Waals surface area (Å²) >= 11 is 0. The van der Waals surface area contributed by atoms with Crippen LogP contribution in [0.15, 0.2) is 64.3 Å². The molecule has 0 bridgehead atoms. The summed E-state index contributed by atoms with van der Waals surface area (Å²) in [6.45, 7) is 1.84. The third-order valence-electron chi connectivity index (χ3n) is 3.39. The predicted molar refractivity (Wildman–Crippen MR) is 86.6 cm³/mol. The highest BCUT2D eigenvalue weighted by Crippen LogP contribution is 2.21. The average Bonchev–Trinajstić information content (AvgIpc) is 2.49. The third kappa shape index (κ3) is 2.73. The van der Waals surface area contributed by atoms with Gasteiger partial charge in [0.1, 0.15) is 0 Å². The molecule has 6 heteroatoms. The molecule has 0 aliphatic carbocycles. The molecular formula is C16H14N2O3S. The van der Waals surface area contributed by atoms with Crippen LogP contribution in [0.1, 0.15) is 5.56 Å². The summed E-state index contributed by atoms with van der Waals surface area (Å²) < 4.78 is 27.5. The maximum atomic E-state index is 12.5. The van der Waals surface area contributed by atoms with Crippen LogP contribution in [0.4, 0.5) is 5.69 Å². The molecular weight excluding hydrogens is 300 g/mol. The Kier molecular flexibility index (Phi) is 3.46. The van der Waals surface area contributed by atoms with Gasteiger partial charge in [0.2, 0.25) is 5.56 Å². The number of hydrogen-bond donors (Lipinski definition) is 2. The van der Waals surface area contributed by atoms with Gasteiger partial charge in [0.05, 0.1) is 10.6 Å². The summed E-state index contributed by atoms with van der Waals surface area (Å²) in [6.07, 6.45) is 0. The monoisotopic (exact) mass is 314 g/mol. The number of pyridine rings is 1. The molecule has 0 saturated carbocycles. The van der Waals surface area contributed by atoms with E-state index in [-0.39, 0.29) is 10.5 Å². The molecule has 1 aromatic heterocycles. The number of para-hydroxylation sites is 1. The highest BCUT2D eigenvalue weighted by atomic mass is 32.2. The molecule has 22 heavy (non-hydrogen) atoms. The van der Waals surface area contributed by atoms with Crippen molar-refractivity contribution in [3.63, 3.8) is 0 Å². The number of anilines is 1. The third-order valence-corrected chi connectivity index (χ3v) is 4.76. The second-order valence-corrected chi connectivity index (χ2v) is 6.67. The number of aromatic amines is 1. The fraction of sp³-hybridized carbons (Fsp3) is 0.0625. The molecule has 2 aromatic carbocycles. The van der Waals surface area contributed by atoms with E-state index < -0.39 is 10.0 Å². The van der Waals surface area contributed by atoms with Crippen molar-refractivity contribution < 1.29 is 8.42 Å². The summed E-state index contributed by atoms with van der Waals surface area (Å²) in [7, 11) is -3.68. The molecule has 2 N–H and O–H groups in total. The summed E-state index contributed by atoms with van der Waals surface area (Å²) in [5.74, 6) is 0. The molecule has 3 rings (SSSR count). The number of nitrogens with one attached hydrogen (secondary N) is 2. The van der Waals surface area contributed by atoms with Gasteiger partial charge in [-0.1, -0.05) is 18.2 Å². The number of hydrogen-bond acceptors (Lipinski definition) is 3. The molecule has 0 aliphatic rings. The first-order chi connectivity index (χ1) is 10.5. The smallest absolute Gasteiger partial charge is 0.261 e. The van der Waals surface area contributed by atoms with Gasteiger partial charge in [0.15, 0.2) is 0 Å². The van der Waals surface area contributed by atoms with E-state index in [0.717, 1.165) is 5.56 Å². The lowest BCUT2D eigenvalue weighted by atomic mass is 10.2. The minimum Gasteiger partial charge on any atom is -0.322 e. The zero-order valence-electron chi connectivity index (χ0n) is 11.8. The predicted octanol–water partition coefficient (Wildman–Crippen LogP) is 2.64. The minimum absolute atomic E-state index is 0.148. The van der Waals surface area contributed by atoms with Crippen molar-refractivity contribution in [3.05, 3.63) is 70.5 Å². The molecule has 1 heterocycles. The molecule has 0 amide bonds. The Balaban J connectivity index is 2.04. The molecule has 0 radical (unpaired) electrons. The molecule has 0 spiro atoms. The maximum absolute atomic E-state index is 12.5. The summed E-state index contributed by atoms with van der Waals surface area (Å²) in [5.41, 5.74) is 1.77. The summed E-state index contributed by atoms with van der Waals surface area (Å²) in [5, 5.41) is 0.659. The quantitative estimate of drug-likeness (QED) is 0.780. The van der Waals surface area contributed by atoms with Gasteiger partial charge in [-0.05, 0) is 48.2 Å². The van der Waals surface area contributed by atoms with Crippen LogP contribution >= 0.6 is 0 Å². The second kappa shape index (κ2) is 5.31. The molecule has 3 aromatic rings. The van der Waals surface area contributed by atoms with Crippen molar-refractivity contribution in [2.45, 2.75) is 11.8 Å². The summed E-state index contributed by atoms with van der Waals surface area (Å²) in [6, 6.07) is 14.7. The SMILES string of the molecule is Cc1ccccc1NS(=O)(=O)c1ccc2[nH]c(=O)ccc2c1. The first kappa shape index (κ1) is 14.3. The number of H-pyrrole nitrogens is 1. The number of benzene rings is 2. The fourth-order valence-corrected chi connectivity index (χ4v) is 3.36. The zero-order valence-corrected chi connectivity index (χ0v) is 12.6. The van der Waals surface area contributed by atoms with Crippen LogP contribution in [-0.2, 0) is 10.0 Å². The van der Waals surface area contributed by atoms with Crippen LogP contribution in [-0.4, -0.2) is 13.4 Å². The molecule has 0 aliphatic heterocycles. The van der Waals surface area contributed by atoms with Crippen molar-refractivity contribution in [2.75, 3.05) is 4.72 Å². The number of rotatable bonds is 3. The highest BCUT2D eigenvalue weighted by Gasteiger charge is 2.15. The van der Waals surface area contributed by atoms with Crippen LogP contribution < -0.4 is 10.3 Å². The standard InChI is InChI=1S/C16H14N2O3S/c1-11-4-2-3-5-14(11)18-22(20,21)13-7-8-15-12(10-13)6-9-16(19)17-15/h2-10,18H,1H3,(H,17,19). The number of aryl methyl sites for hydroxylation is 1. The Morgan fingerprint density at radius 3 is 2.55 bits per heavy atom. The van der Waals surface area contributed by atoms with Crippen LogP contribution in [0.2, 0.25) is 0 Å². The molecule has 0 atom stereocenters. The van der Waals surface area contributed by atoms with E-state index in [1.54, 1.807) is 24.3 Å². The van der Waals surface area contributed by atoms with E-state index in [1.165, 1.54) is 18.2 Å². The Hall–Kier alpha value is -2.60. The first-order valence-corrected chi connectivity index (χ1v) is 8.15. The molecule has 0 unspecified atom stereocenters. The molecule has 0 saturated heterocycles. The Morgan fingerprint density at radius 2 is 1.77 bits per heavy atom. The van der Waals surface area contributed by atoms with Gasteiger partial charge in [-0.2, -0.15) is 0 Å². The average molecular weight is 314 g/mol. The molecule has 5 nitrogen and oxygen atoms in total. The Morgan fingerprint density at radius 1 is 1.00 bits per heavy atom. The zero-order chi connectivity index (χ0) is 15.7. The number of sulfonamides is 1. The van der Waals surface area contributed by atoms with Crippen molar-refractivity contribution in [2.24, 2.45) is 0 Å². The fourth-order valence-electron chi connectivity index (χ4n) is 2.19.